The molecule has 0 atom stereocenters. The van der Waals surface area contributed by atoms with Crippen molar-refractivity contribution in [2.24, 2.45) is 4.99 Å². The highest BCUT2D eigenvalue weighted by Gasteiger charge is 2.25. The van der Waals surface area contributed by atoms with E-state index < -0.39 is 5.91 Å². The number of carbonyl (C=O) groups excluding carboxylic acids is 1. The van der Waals surface area contributed by atoms with Crippen molar-refractivity contribution >= 4 is 22.8 Å². The molecular weight excluding hydrogens is 264 g/mol. The van der Waals surface area contributed by atoms with Gasteiger partial charge < -0.3 is 5.11 Å². The number of rotatable bonds is 2. The van der Waals surface area contributed by atoms with Crippen molar-refractivity contribution < 1.29 is 9.90 Å². The van der Waals surface area contributed by atoms with Crippen molar-refractivity contribution in [3.05, 3.63) is 49.4 Å². The molecule has 2 heterocycles. The number of hydrogen-bond donors (Lipinski definition) is 1. The Bertz CT molecular complexity index is 861. The predicted octanol–water partition coefficient (Wildman–Crippen LogP) is -0.00590. The molecule has 96 valence electrons. The van der Waals surface area contributed by atoms with E-state index in [1.54, 1.807) is 31.2 Å². The first-order chi connectivity index (χ1) is 9.13. The maximum atomic E-state index is 12.0. The summed E-state index contributed by atoms with van der Waals surface area (Å²) in [5.41, 5.74) is 0.308. The minimum absolute atomic E-state index is 0.159. The Labute approximate surface area is 111 Å². The highest BCUT2D eigenvalue weighted by molar-refractivity contribution is 7.11. The normalized spacial score (nSPS) is 13.5. The van der Waals surface area contributed by atoms with E-state index in [1.165, 1.54) is 4.57 Å². The Kier molecular flexibility index (Phi) is 2.60. The average molecular weight is 274 g/mol. The van der Waals surface area contributed by atoms with Crippen LogP contribution in [0.3, 0.4) is 0 Å². The van der Waals surface area contributed by atoms with Gasteiger partial charge in [0.15, 0.2) is 0 Å². The summed E-state index contributed by atoms with van der Waals surface area (Å²) in [6, 6.07) is 7.08. The fourth-order valence-electron chi connectivity index (χ4n) is 2.12. The zero-order valence-corrected chi connectivity index (χ0v) is 10.9. The SMILES string of the molecule is CCn1c(O)c(C2=c3ccccc3=NC2=O)sc1=O. The Morgan fingerprint density at radius 3 is 2.74 bits per heavy atom. The predicted molar refractivity (Wildman–Crippen MR) is 70.7 cm³/mol. The highest BCUT2D eigenvalue weighted by Crippen LogP contribution is 2.27. The van der Waals surface area contributed by atoms with Gasteiger partial charge in [-0.25, -0.2) is 4.99 Å². The lowest BCUT2D eigenvalue weighted by molar-refractivity contribution is -0.112. The quantitative estimate of drug-likeness (QED) is 0.837. The van der Waals surface area contributed by atoms with E-state index in [-0.39, 0.29) is 10.8 Å². The number of hydrogen-bond acceptors (Lipinski definition) is 4. The number of amides is 1. The molecular formula is C13H10N2O3S. The Balaban J connectivity index is 2.39. The van der Waals surface area contributed by atoms with Gasteiger partial charge in [-0.05, 0) is 13.0 Å². The summed E-state index contributed by atoms with van der Waals surface area (Å²) >= 11 is 0.870. The Hall–Kier alpha value is -2.21. The Morgan fingerprint density at radius 1 is 1.32 bits per heavy atom. The second kappa shape index (κ2) is 4.17. The largest absolute Gasteiger partial charge is 0.493 e. The van der Waals surface area contributed by atoms with Gasteiger partial charge in [0.2, 0.25) is 5.88 Å². The molecule has 1 aromatic carbocycles. The molecule has 1 aliphatic heterocycles. The molecule has 6 heteroatoms. The number of aromatic hydroxyl groups is 1. The molecule has 2 aromatic rings. The fourth-order valence-corrected chi connectivity index (χ4v) is 3.12. The Morgan fingerprint density at radius 2 is 2.05 bits per heavy atom. The summed E-state index contributed by atoms with van der Waals surface area (Å²) in [6.07, 6.45) is 0. The smallest absolute Gasteiger partial charge is 0.310 e. The second-order valence-electron chi connectivity index (χ2n) is 4.07. The van der Waals surface area contributed by atoms with Crippen LogP contribution in [-0.2, 0) is 11.3 Å². The molecule has 5 nitrogen and oxygen atoms in total. The minimum Gasteiger partial charge on any atom is -0.493 e. The van der Waals surface area contributed by atoms with E-state index in [1.807, 2.05) is 0 Å². The first kappa shape index (κ1) is 11.9. The van der Waals surface area contributed by atoms with Gasteiger partial charge in [0.25, 0.3) is 5.91 Å². The van der Waals surface area contributed by atoms with Crippen LogP contribution in [-0.4, -0.2) is 15.6 Å². The topological polar surface area (TPSA) is 71.7 Å². The van der Waals surface area contributed by atoms with Crippen molar-refractivity contribution in [3.63, 3.8) is 0 Å². The molecule has 0 saturated heterocycles. The summed E-state index contributed by atoms with van der Waals surface area (Å²) in [6.45, 7) is 2.12. The molecule has 0 fully saturated rings. The number of thiazole rings is 1. The molecule has 0 bridgehead atoms. The van der Waals surface area contributed by atoms with E-state index in [4.69, 9.17) is 0 Å². The van der Waals surface area contributed by atoms with Gasteiger partial charge in [-0.15, -0.1) is 0 Å². The average Bonchev–Trinajstić information content (AvgIpc) is 2.85. The number of benzene rings is 1. The minimum atomic E-state index is -0.416. The van der Waals surface area contributed by atoms with Crippen LogP contribution in [0.25, 0.3) is 5.57 Å². The zero-order valence-electron chi connectivity index (χ0n) is 10.1. The lowest BCUT2D eigenvalue weighted by Gasteiger charge is -2.00. The summed E-state index contributed by atoms with van der Waals surface area (Å²) in [5, 5.41) is 11.3. The first-order valence-corrected chi connectivity index (χ1v) is 6.60. The molecule has 0 aliphatic carbocycles. The molecule has 1 amide bonds. The number of fused-ring (bicyclic) bond motifs is 1. The number of aromatic nitrogens is 1. The van der Waals surface area contributed by atoms with Crippen LogP contribution >= 0.6 is 11.3 Å². The van der Waals surface area contributed by atoms with Crippen LogP contribution < -0.4 is 15.4 Å². The standard InChI is InChI=1S/C13H10N2O3S/c1-2-15-12(17)10(19-13(15)18)9-7-5-3-4-6-8(7)14-11(9)16/h3-6,17H,2H2,1H3. The van der Waals surface area contributed by atoms with Gasteiger partial charge in [0.1, 0.15) is 4.88 Å². The van der Waals surface area contributed by atoms with Crippen molar-refractivity contribution in [1.82, 2.24) is 4.57 Å². The molecule has 0 unspecified atom stereocenters. The molecule has 0 saturated carbocycles. The molecule has 1 aromatic heterocycles. The van der Waals surface area contributed by atoms with Gasteiger partial charge in [-0.2, -0.15) is 0 Å². The van der Waals surface area contributed by atoms with Gasteiger partial charge in [0.05, 0.1) is 10.9 Å². The molecule has 1 N–H and O–H groups in total. The first-order valence-electron chi connectivity index (χ1n) is 5.79. The molecule has 3 rings (SSSR count). The van der Waals surface area contributed by atoms with Crippen LogP contribution in [0, 0.1) is 0 Å². The lowest BCUT2D eigenvalue weighted by atomic mass is 10.1. The third-order valence-electron chi connectivity index (χ3n) is 3.02. The summed E-state index contributed by atoms with van der Waals surface area (Å²) < 4.78 is 1.24. The summed E-state index contributed by atoms with van der Waals surface area (Å²) in [7, 11) is 0. The van der Waals surface area contributed by atoms with Gasteiger partial charge in [0, 0.05) is 11.8 Å². The van der Waals surface area contributed by atoms with Crippen molar-refractivity contribution in [1.29, 1.82) is 0 Å². The molecule has 1 aliphatic rings. The van der Waals surface area contributed by atoms with Crippen molar-refractivity contribution in [3.8, 4) is 5.88 Å². The van der Waals surface area contributed by atoms with Gasteiger partial charge >= 0.3 is 4.87 Å². The maximum absolute atomic E-state index is 12.0. The summed E-state index contributed by atoms with van der Waals surface area (Å²) in [4.78, 5) is 27.6. The van der Waals surface area contributed by atoms with E-state index >= 15 is 0 Å². The third kappa shape index (κ3) is 1.64. The van der Waals surface area contributed by atoms with Gasteiger partial charge in [-0.1, -0.05) is 29.5 Å². The molecule has 19 heavy (non-hydrogen) atoms. The zero-order chi connectivity index (χ0) is 13.6. The number of carbonyl (C=O) groups is 1. The van der Waals surface area contributed by atoms with E-state index in [0.717, 1.165) is 11.3 Å². The van der Waals surface area contributed by atoms with E-state index in [2.05, 4.69) is 4.99 Å². The molecule has 0 spiro atoms. The van der Waals surface area contributed by atoms with E-state index in [9.17, 15) is 14.7 Å². The van der Waals surface area contributed by atoms with Crippen LogP contribution in [0.15, 0.2) is 34.1 Å². The fraction of sp³-hybridized carbons (Fsp3) is 0.154. The van der Waals surface area contributed by atoms with Crippen LogP contribution in [0.2, 0.25) is 0 Å². The lowest BCUT2D eigenvalue weighted by Crippen LogP contribution is -2.22. The highest BCUT2D eigenvalue weighted by atomic mass is 32.1. The number of para-hydroxylation sites is 1. The van der Waals surface area contributed by atoms with Crippen LogP contribution in [0.1, 0.15) is 11.8 Å². The van der Waals surface area contributed by atoms with Crippen LogP contribution in [0.5, 0.6) is 5.88 Å². The number of nitrogens with zero attached hydrogens (tertiary/aromatic N) is 2. The van der Waals surface area contributed by atoms with Crippen molar-refractivity contribution in [2.75, 3.05) is 0 Å². The third-order valence-corrected chi connectivity index (χ3v) is 4.01. The monoisotopic (exact) mass is 274 g/mol. The maximum Gasteiger partial charge on any atom is 0.310 e. The second-order valence-corrected chi connectivity index (χ2v) is 5.04. The van der Waals surface area contributed by atoms with Gasteiger partial charge in [-0.3, -0.25) is 14.2 Å². The van der Waals surface area contributed by atoms with Crippen molar-refractivity contribution in [2.45, 2.75) is 13.5 Å². The van der Waals surface area contributed by atoms with Crippen LogP contribution in [0.4, 0.5) is 0 Å². The molecule has 0 radical (unpaired) electrons. The van der Waals surface area contributed by atoms with E-state index in [0.29, 0.717) is 27.6 Å². The summed E-state index contributed by atoms with van der Waals surface area (Å²) in [5.74, 6) is -0.575.